The summed E-state index contributed by atoms with van der Waals surface area (Å²) in [5.74, 6) is 0.392. The summed E-state index contributed by atoms with van der Waals surface area (Å²) in [6, 6.07) is 2.25. The highest BCUT2D eigenvalue weighted by Gasteiger charge is 2.30. The molecule has 0 aromatic carbocycles. The van der Waals surface area contributed by atoms with Crippen LogP contribution in [0.25, 0.3) is 0 Å². The number of alkyl halides is 3. The lowest BCUT2D eigenvalue weighted by Crippen LogP contribution is -2.34. The van der Waals surface area contributed by atoms with Crippen LogP contribution in [0.3, 0.4) is 0 Å². The van der Waals surface area contributed by atoms with Crippen molar-refractivity contribution in [2.45, 2.75) is 25.4 Å². The molecule has 1 aromatic heterocycles. The minimum absolute atomic E-state index is 0.0199. The number of halogens is 3. The average molecular weight is 313 g/mol. The van der Waals surface area contributed by atoms with Crippen LogP contribution in [-0.2, 0) is 11.0 Å². The van der Waals surface area contributed by atoms with Crippen LogP contribution in [0.5, 0.6) is 0 Å². The van der Waals surface area contributed by atoms with Crippen LogP contribution in [0.1, 0.15) is 24.8 Å². The normalized spacial score (nSPS) is 18.0. The number of nitrogens with one attached hydrogen (secondary N) is 2. The number of carbonyl (C=O) groups is 1. The maximum Gasteiger partial charge on any atom is 0.417 e. The van der Waals surface area contributed by atoms with Crippen LogP contribution in [0.4, 0.5) is 19.0 Å². The molecule has 2 N–H and O–H groups in total. The number of hydrogen-bond donors (Lipinski definition) is 2. The van der Waals surface area contributed by atoms with Crippen LogP contribution >= 0.6 is 0 Å². The summed E-state index contributed by atoms with van der Waals surface area (Å²) in [6.07, 6.45) is 3.03. The molecule has 0 saturated heterocycles. The number of nitrogens with zero attached hydrogens (tertiary/aromatic N) is 1. The molecule has 1 atom stereocenters. The number of anilines is 1. The van der Waals surface area contributed by atoms with Crippen molar-refractivity contribution in [1.29, 1.82) is 0 Å². The Bertz CT molecular complexity index is 526. The Balaban J connectivity index is 1.70. The van der Waals surface area contributed by atoms with Crippen LogP contribution in [0, 0.1) is 5.92 Å². The Morgan fingerprint density at radius 1 is 1.27 bits per heavy atom. The molecule has 0 spiro atoms. The van der Waals surface area contributed by atoms with E-state index in [9.17, 15) is 18.0 Å². The maximum atomic E-state index is 12.4. The molecule has 22 heavy (non-hydrogen) atoms. The monoisotopic (exact) mass is 313 g/mol. The number of aromatic nitrogens is 1. The molecular weight excluding hydrogens is 295 g/mol. The number of amides is 1. The maximum absolute atomic E-state index is 12.4. The van der Waals surface area contributed by atoms with Gasteiger partial charge in [0.2, 0.25) is 5.91 Å². The summed E-state index contributed by atoms with van der Waals surface area (Å²) in [7, 11) is 0. The first kappa shape index (κ1) is 16.3. The van der Waals surface area contributed by atoms with E-state index in [1.807, 2.05) is 6.08 Å². The van der Waals surface area contributed by atoms with E-state index in [2.05, 4.69) is 21.7 Å². The Kier molecular flexibility index (Phi) is 5.41. The molecule has 7 heteroatoms. The summed E-state index contributed by atoms with van der Waals surface area (Å²) in [4.78, 5) is 15.5. The smallest absolute Gasteiger partial charge is 0.368 e. The molecule has 1 aliphatic carbocycles. The second kappa shape index (κ2) is 7.29. The predicted molar refractivity (Wildman–Crippen MR) is 77.2 cm³/mol. The topological polar surface area (TPSA) is 54.0 Å². The van der Waals surface area contributed by atoms with Crippen molar-refractivity contribution in [2.75, 3.05) is 18.4 Å². The minimum atomic E-state index is -4.38. The second-order valence-electron chi connectivity index (χ2n) is 5.13. The predicted octanol–water partition coefficient (Wildman–Crippen LogP) is 2.98. The van der Waals surface area contributed by atoms with Crippen molar-refractivity contribution in [3.63, 3.8) is 0 Å². The van der Waals surface area contributed by atoms with Gasteiger partial charge in [-0.15, -0.1) is 0 Å². The second-order valence-corrected chi connectivity index (χ2v) is 5.13. The fourth-order valence-electron chi connectivity index (χ4n) is 2.22. The van der Waals surface area contributed by atoms with E-state index in [-0.39, 0.29) is 11.8 Å². The molecule has 0 unspecified atom stereocenters. The van der Waals surface area contributed by atoms with Crippen LogP contribution in [0.15, 0.2) is 30.5 Å². The molecule has 120 valence electrons. The summed E-state index contributed by atoms with van der Waals surface area (Å²) in [6.45, 7) is 0.814. The number of hydrogen-bond acceptors (Lipinski definition) is 3. The molecule has 2 rings (SSSR count). The zero-order chi connectivity index (χ0) is 16.0. The molecular formula is C15H18F3N3O. The third kappa shape index (κ3) is 4.75. The molecule has 0 saturated carbocycles. The van der Waals surface area contributed by atoms with E-state index in [0.29, 0.717) is 18.9 Å². The van der Waals surface area contributed by atoms with Crippen LogP contribution in [-0.4, -0.2) is 24.0 Å². The van der Waals surface area contributed by atoms with Crippen molar-refractivity contribution in [3.05, 3.63) is 36.0 Å². The fourth-order valence-corrected chi connectivity index (χ4v) is 2.22. The zero-order valence-electron chi connectivity index (χ0n) is 12.0. The van der Waals surface area contributed by atoms with Gasteiger partial charge >= 0.3 is 6.18 Å². The Morgan fingerprint density at radius 3 is 2.68 bits per heavy atom. The highest BCUT2D eigenvalue weighted by molar-refractivity contribution is 5.79. The highest BCUT2D eigenvalue weighted by Crippen LogP contribution is 2.28. The Morgan fingerprint density at radius 2 is 2.09 bits per heavy atom. The van der Waals surface area contributed by atoms with Gasteiger partial charge in [-0.3, -0.25) is 4.79 Å². The quantitative estimate of drug-likeness (QED) is 0.649. The SMILES string of the molecule is O=C(NCCNc1ccc(C(F)(F)F)cn1)[C@@H]1CC=CCC1. The molecule has 0 radical (unpaired) electrons. The first-order chi connectivity index (χ1) is 10.5. The minimum Gasteiger partial charge on any atom is -0.368 e. The van der Waals surface area contributed by atoms with Gasteiger partial charge in [0.25, 0.3) is 0 Å². The number of pyridine rings is 1. The third-order valence-corrected chi connectivity index (χ3v) is 3.46. The van der Waals surface area contributed by atoms with Crippen LogP contribution in [0.2, 0.25) is 0 Å². The molecule has 0 fully saturated rings. The van der Waals surface area contributed by atoms with Gasteiger partial charge in [0.1, 0.15) is 5.82 Å². The van der Waals surface area contributed by atoms with E-state index in [4.69, 9.17) is 0 Å². The van der Waals surface area contributed by atoms with Gasteiger partial charge in [-0.05, 0) is 31.4 Å². The van der Waals surface area contributed by atoms with Crippen molar-refractivity contribution in [3.8, 4) is 0 Å². The molecule has 1 heterocycles. The number of carbonyl (C=O) groups excluding carboxylic acids is 1. The van der Waals surface area contributed by atoms with Gasteiger partial charge in [-0.2, -0.15) is 13.2 Å². The van der Waals surface area contributed by atoms with Gasteiger partial charge in [0.15, 0.2) is 0 Å². The van der Waals surface area contributed by atoms with E-state index in [1.165, 1.54) is 6.07 Å². The summed E-state index contributed by atoms with van der Waals surface area (Å²) < 4.78 is 37.1. The fraction of sp³-hybridized carbons (Fsp3) is 0.467. The summed E-state index contributed by atoms with van der Waals surface area (Å²) in [5.41, 5.74) is -0.781. The van der Waals surface area contributed by atoms with E-state index in [0.717, 1.165) is 31.5 Å². The first-order valence-electron chi connectivity index (χ1n) is 7.16. The van der Waals surface area contributed by atoms with Crippen LogP contribution < -0.4 is 10.6 Å². The summed E-state index contributed by atoms with van der Waals surface area (Å²) in [5, 5.41) is 5.69. The zero-order valence-corrected chi connectivity index (χ0v) is 12.0. The average Bonchev–Trinajstić information content (AvgIpc) is 2.52. The standard InChI is InChI=1S/C15H18F3N3O/c16-15(17,18)12-6-7-13(21-10-12)19-8-9-20-14(22)11-4-2-1-3-5-11/h1-2,6-7,10-11H,3-5,8-9H2,(H,19,21)(H,20,22)/t11-/m1/s1. The molecule has 0 aliphatic heterocycles. The number of rotatable bonds is 5. The van der Waals surface area contributed by atoms with Crippen molar-refractivity contribution >= 4 is 11.7 Å². The summed E-state index contributed by atoms with van der Waals surface area (Å²) >= 11 is 0. The number of allylic oxidation sites excluding steroid dienone is 2. The Hall–Kier alpha value is -2.05. The highest BCUT2D eigenvalue weighted by atomic mass is 19.4. The molecule has 1 amide bonds. The van der Waals surface area contributed by atoms with E-state index < -0.39 is 11.7 Å². The van der Waals surface area contributed by atoms with Crippen molar-refractivity contribution in [2.24, 2.45) is 5.92 Å². The third-order valence-electron chi connectivity index (χ3n) is 3.46. The largest absolute Gasteiger partial charge is 0.417 e. The van der Waals surface area contributed by atoms with E-state index >= 15 is 0 Å². The van der Waals surface area contributed by atoms with Crippen molar-refractivity contribution < 1.29 is 18.0 Å². The van der Waals surface area contributed by atoms with Gasteiger partial charge in [0.05, 0.1) is 5.56 Å². The van der Waals surface area contributed by atoms with Crippen molar-refractivity contribution in [1.82, 2.24) is 10.3 Å². The lowest BCUT2D eigenvalue weighted by Gasteiger charge is -2.17. The van der Waals surface area contributed by atoms with Gasteiger partial charge < -0.3 is 10.6 Å². The Labute approximate surface area is 126 Å². The van der Waals surface area contributed by atoms with Gasteiger partial charge in [-0.1, -0.05) is 12.2 Å². The molecule has 1 aliphatic rings. The molecule has 1 aromatic rings. The van der Waals surface area contributed by atoms with Gasteiger partial charge in [0, 0.05) is 25.2 Å². The lowest BCUT2D eigenvalue weighted by atomic mass is 9.94. The van der Waals surface area contributed by atoms with E-state index in [1.54, 1.807) is 0 Å². The first-order valence-corrected chi connectivity index (χ1v) is 7.16. The molecule has 4 nitrogen and oxygen atoms in total. The van der Waals surface area contributed by atoms with Gasteiger partial charge in [-0.25, -0.2) is 4.98 Å². The molecule has 0 bridgehead atoms. The lowest BCUT2D eigenvalue weighted by molar-refractivity contribution is -0.137.